The molecule has 1 aliphatic heterocycles. The molecule has 2 aromatic carbocycles. The molecule has 138 valence electrons. The first kappa shape index (κ1) is 18.6. The average molecular weight is 352 g/mol. The summed E-state index contributed by atoms with van der Waals surface area (Å²) in [6, 6.07) is 15.9. The predicted octanol–water partition coefficient (Wildman–Crippen LogP) is 4.05. The number of hydrogen-bond donors (Lipinski definition) is 2. The Hall–Kier alpha value is -2.17. The fourth-order valence-corrected chi connectivity index (χ4v) is 3.51. The van der Waals surface area contributed by atoms with Gasteiger partial charge in [0.2, 0.25) is 0 Å². The molecule has 1 saturated heterocycles. The van der Waals surface area contributed by atoms with E-state index in [9.17, 15) is 4.79 Å². The molecule has 0 atom stereocenters. The van der Waals surface area contributed by atoms with E-state index in [2.05, 4.69) is 34.5 Å². The molecule has 4 heteroatoms. The van der Waals surface area contributed by atoms with Crippen LogP contribution in [0.3, 0.4) is 0 Å². The molecule has 0 bridgehead atoms. The topological polar surface area (TPSA) is 52.6 Å². The zero-order valence-electron chi connectivity index (χ0n) is 15.3. The minimum absolute atomic E-state index is 0.329. The van der Waals surface area contributed by atoms with Crippen molar-refractivity contribution in [2.24, 2.45) is 0 Å². The normalized spacial score (nSPS) is 15.5. The summed E-state index contributed by atoms with van der Waals surface area (Å²) in [5.74, 6) is -0.884. The number of hydrogen-bond acceptors (Lipinski definition) is 3. The Morgan fingerprint density at radius 1 is 0.885 bits per heavy atom. The molecule has 26 heavy (non-hydrogen) atoms. The Labute approximate surface area is 155 Å². The maximum atomic E-state index is 10.9. The van der Waals surface area contributed by atoms with E-state index in [0.29, 0.717) is 5.56 Å². The molecule has 1 heterocycles. The number of carboxylic acids is 1. The molecule has 0 saturated carbocycles. The van der Waals surface area contributed by atoms with Crippen molar-refractivity contribution in [3.8, 4) is 0 Å². The lowest BCUT2D eigenvalue weighted by molar-refractivity contribution is 0.0697. The molecule has 2 aromatic rings. The van der Waals surface area contributed by atoms with Crippen molar-refractivity contribution < 1.29 is 9.90 Å². The first-order chi connectivity index (χ1) is 12.7. The van der Waals surface area contributed by atoms with Gasteiger partial charge in [0.25, 0.3) is 0 Å². The molecule has 0 aliphatic carbocycles. The molecular formula is C22H28N2O2. The molecule has 0 unspecified atom stereocenters. The lowest BCUT2D eigenvalue weighted by Crippen LogP contribution is -2.24. The number of rotatable bonds is 7. The highest BCUT2D eigenvalue weighted by molar-refractivity contribution is 5.87. The van der Waals surface area contributed by atoms with Crippen LogP contribution in [0.25, 0.3) is 0 Å². The number of benzene rings is 2. The summed E-state index contributed by atoms with van der Waals surface area (Å²) in [4.78, 5) is 13.5. The van der Waals surface area contributed by atoms with Crippen molar-refractivity contribution in [2.75, 3.05) is 13.1 Å². The SMILES string of the molecule is O=C(O)c1ccc(CNCc2cccc(CN3CCCCCC3)c2)cc1. The van der Waals surface area contributed by atoms with E-state index in [0.717, 1.165) is 25.2 Å². The first-order valence-corrected chi connectivity index (χ1v) is 9.54. The highest BCUT2D eigenvalue weighted by Crippen LogP contribution is 2.14. The van der Waals surface area contributed by atoms with Gasteiger partial charge in [-0.3, -0.25) is 4.90 Å². The van der Waals surface area contributed by atoms with Crippen LogP contribution in [0.15, 0.2) is 48.5 Å². The van der Waals surface area contributed by atoms with Crippen molar-refractivity contribution in [3.63, 3.8) is 0 Å². The van der Waals surface area contributed by atoms with E-state index >= 15 is 0 Å². The molecule has 2 N–H and O–H groups in total. The van der Waals surface area contributed by atoms with Crippen LogP contribution in [-0.2, 0) is 19.6 Å². The van der Waals surface area contributed by atoms with Crippen molar-refractivity contribution in [2.45, 2.75) is 45.3 Å². The maximum Gasteiger partial charge on any atom is 0.335 e. The standard InChI is InChI=1S/C22H28N2O2/c25-22(26)21-10-8-18(9-11-21)15-23-16-19-6-5-7-20(14-19)17-24-12-3-1-2-4-13-24/h5-11,14,23H,1-4,12-13,15-17H2,(H,25,26). The van der Waals surface area contributed by atoms with Gasteiger partial charge in [-0.05, 0) is 54.8 Å². The highest BCUT2D eigenvalue weighted by Gasteiger charge is 2.09. The van der Waals surface area contributed by atoms with Crippen molar-refractivity contribution in [1.29, 1.82) is 0 Å². The summed E-state index contributed by atoms with van der Waals surface area (Å²) in [6.45, 7) is 5.03. The minimum atomic E-state index is -0.884. The van der Waals surface area contributed by atoms with Crippen LogP contribution >= 0.6 is 0 Å². The van der Waals surface area contributed by atoms with Crippen LogP contribution in [0, 0.1) is 0 Å². The van der Waals surface area contributed by atoms with Gasteiger partial charge in [-0.15, -0.1) is 0 Å². The van der Waals surface area contributed by atoms with Crippen molar-refractivity contribution in [3.05, 3.63) is 70.8 Å². The zero-order valence-corrected chi connectivity index (χ0v) is 15.3. The number of likely N-dealkylation sites (tertiary alicyclic amines) is 1. The van der Waals surface area contributed by atoms with Crippen molar-refractivity contribution >= 4 is 5.97 Å². The summed E-state index contributed by atoms with van der Waals surface area (Å²) < 4.78 is 0. The smallest absolute Gasteiger partial charge is 0.335 e. The second-order valence-electron chi connectivity index (χ2n) is 7.12. The van der Waals surface area contributed by atoms with Crippen LogP contribution in [0.2, 0.25) is 0 Å². The summed E-state index contributed by atoms with van der Waals surface area (Å²) in [6.07, 6.45) is 5.38. The number of carboxylic acid groups (broad SMARTS) is 1. The molecule has 0 aromatic heterocycles. The maximum absolute atomic E-state index is 10.9. The fraction of sp³-hybridized carbons (Fsp3) is 0.409. The quantitative estimate of drug-likeness (QED) is 0.789. The Balaban J connectivity index is 1.49. The van der Waals surface area contributed by atoms with Crippen LogP contribution in [0.1, 0.15) is 52.7 Å². The Bertz CT molecular complexity index is 704. The average Bonchev–Trinajstić information content (AvgIpc) is 2.91. The van der Waals surface area contributed by atoms with Gasteiger partial charge >= 0.3 is 5.97 Å². The predicted molar refractivity (Wildman–Crippen MR) is 104 cm³/mol. The molecule has 1 fully saturated rings. The molecule has 1 aliphatic rings. The van der Waals surface area contributed by atoms with Crippen LogP contribution in [-0.4, -0.2) is 29.1 Å². The third kappa shape index (κ3) is 5.68. The minimum Gasteiger partial charge on any atom is -0.478 e. The van der Waals surface area contributed by atoms with Crippen molar-refractivity contribution in [1.82, 2.24) is 10.2 Å². The van der Waals surface area contributed by atoms with Gasteiger partial charge in [0.15, 0.2) is 0 Å². The summed E-state index contributed by atoms with van der Waals surface area (Å²) in [7, 11) is 0. The van der Waals surface area contributed by atoms with E-state index in [1.165, 1.54) is 49.9 Å². The van der Waals surface area contributed by atoms with Gasteiger partial charge in [0.1, 0.15) is 0 Å². The van der Waals surface area contributed by atoms with Gasteiger partial charge < -0.3 is 10.4 Å². The zero-order chi connectivity index (χ0) is 18.2. The van der Waals surface area contributed by atoms with E-state index in [1.54, 1.807) is 12.1 Å². The molecular weight excluding hydrogens is 324 g/mol. The summed E-state index contributed by atoms with van der Waals surface area (Å²) >= 11 is 0. The molecule has 4 nitrogen and oxygen atoms in total. The van der Waals surface area contributed by atoms with E-state index < -0.39 is 5.97 Å². The lowest BCUT2D eigenvalue weighted by Gasteiger charge is -2.20. The lowest BCUT2D eigenvalue weighted by atomic mass is 10.1. The Morgan fingerprint density at radius 3 is 2.23 bits per heavy atom. The second-order valence-corrected chi connectivity index (χ2v) is 7.12. The molecule has 0 spiro atoms. The second kappa shape index (κ2) is 9.51. The summed E-state index contributed by atoms with van der Waals surface area (Å²) in [5.41, 5.74) is 4.10. The van der Waals surface area contributed by atoms with Crippen LogP contribution in [0.5, 0.6) is 0 Å². The number of carbonyl (C=O) groups is 1. The van der Waals surface area contributed by atoms with Gasteiger partial charge in [-0.2, -0.15) is 0 Å². The first-order valence-electron chi connectivity index (χ1n) is 9.54. The largest absolute Gasteiger partial charge is 0.478 e. The molecule has 3 rings (SSSR count). The highest BCUT2D eigenvalue weighted by atomic mass is 16.4. The van der Waals surface area contributed by atoms with Gasteiger partial charge in [-0.25, -0.2) is 4.79 Å². The number of aromatic carboxylic acids is 1. The van der Waals surface area contributed by atoms with Crippen LogP contribution in [0.4, 0.5) is 0 Å². The Morgan fingerprint density at radius 2 is 1.54 bits per heavy atom. The monoisotopic (exact) mass is 352 g/mol. The van der Waals surface area contributed by atoms with E-state index in [1.807, 2.05) is 12.1 Å². The van der Waals surface area contributed by atoms with E-state index in [4.69, 9.17) is 5.11 Å². The van der Waals surface area contributed by atoms with Gasteiger partial charge in [-0.1, -0.05) is 49.2 Å². The van der Waals surface area contributed by atoms with E-state index in [-0.39, 0.29) is 0 Å². The number of nitrogens with zero attached hydrogens (tertiary/aromatic N) is 1. The molecule has 0 amide bonds. The molecule has 0 radical (unpaired) electrons. The summed E-state index contributed by atoms with van der Waals surface area (Å²) in [5, 5.41) is 12.4. The third-order valence-corrected chi connectivity index (χ3v) is 4.96. The third-order valence-electron chi connectivity index (χ3n) is 4.96. The van der Waals surface area contributed by atoms with Gasteiger partial charge in [0, 0.05) is 19.6 Å². The van der Waals surface area contributed by atoms with Gasteiger partial charge in [0.05, 0.1) is 5.56 Å². The fourth-order valence-electron chi connectivity index (χ4n) is 3.51. The Kier molecular flexibility index (Phi) is 6.81. The van der Waals surface area contributed by atoms with Crippen LogP contribution < -0.4 is 5.32 Å². The number of nitrogens with one attached hydrogen (secondary N) is 1.